The molecule has 0 spiro atoms. The number of aliphatic carboxylic acids is 1. The highest BCUT2D eigenvalue weighted by Crippen LogP contribution is 2.39. The molecular weight excluding hydrogens is 219 g/mol. The Balaban J connectivity index is 2.15. The third-order valence-corrected chi connectivity index (χ3v) is 3.64. The van der Waals surface area contributed by atoms with Crippen molar-refractivity contribution < 1.29 is 14.3 Å². The minimum Gasteiger partial charge on any atom is -0.481 e. The van der Waals surface area contributed by atoms with Crippen LogP contribution in [-0.4, -0.2) is 11.1 Å². The summed E-state index contributed by atoms with van der Waals surface area (Å²) in [4.78, 5) is 10.8. The summed E-state index contributed by atoms with van der Waals surface area (Å²) >= 11 is 0. The fourth-order valence-corrected chi connectivity index (χ4v) is 2.83. The van der Waals surface area contributed by atoms with Crippen LogP contribution < -0.4 is 0 Å². The Kier molecular flexibility index (Phi) is 3.77. The first-order chi connectivity index (χ1) is 8.16. The summed E-state index contributed by atoms with van der Waals surface area (Å²) in [5, 5.41) is 8.91. The summed E-state index contributed by atoms with van der Waals surface area (Å²) < 4.78 is 12.9. The van der Waals surface area contributed by atoms with Gasteiger partial charge in [0, 0.05) is 6.42 Å². The molecule has 1 aromatic carbocycles. The van der Waals surface area contributed by atoms with Crippen LogP contribution in [-0.2, 0) is 4.79 Å². The summed E-state index contributed by atoms with van der Waals surface area (Å²) in [7, 11) is 0. The van der Waals surface area contributed by atoms with Crippen molar-refractivity contribution in [3.8, 4) is 0 Å². The number of carboxylic acid groups (broad SMARTS) is 1. The second-order valence-corrected chi connectivity index (χ2v) is 4.80. The van der Waals surface area contributed by atoms with E-state index in [0.29, 0.717) is 0 Å². The van der Waals surface area contributed by atoms with Crippen LogP contribution in [0.4, 0.5) is 4.39 Å². The Morgan fingerprint density at radius 3 is 2.53 bits per heavy atom. The van der Waals surface area contributed by atoms with E-state index in [1.165, 1.54) is 12.1 Å². The second-order valence-electron chi connectivity index (χ2n) is 4.80. The topological polar surface area (TPSA) is 37.3 Å². The lowest BCUT2D eigenvalue weighted by Crippen LogP contribution is -2.20. The molecule has 1 saturated carbocycles. The highest BCUT2D eigenvalue weighted by atomic mass is 19.1. The monoisotopic (exact) mass is 236 g/mol. The molecule has 0 aromatic heterocycles. The average molecular weight is 236 g/mol. The fourth-order valence-electron chi connectivity index (χ4n) is 2.83. The van der Waals surface area contributed by atoms with E-state index in [2.05, 4.69) is 0 Å². The minimum atomic E-state index is -0.732. The molecule has 0 heterocycles. The van der Waals surface area contributed by atoms with E-state index in [4.69, 9.17) is 5.11 Å². The van der Waals surface area contributed by atoms with Crippen LogP contribution in [0, 0.1) is 11.7 Å². The van der Waals surface area contributed by atoms with E-state index < -0.39 is 5.97 Å². The van der Waals surface area contributed by atoms with Gasteiger partial charge in [-0.2, -0.15) is 0 Å². The normalized spacial score (nSPS) is 24.5. The van der Waals surface area contributed by atoms with Gasteiger partial charge in [-0.15, -0.1) is 0 Å². The molecular formula is C14H17FO2. The van der Waals surface area contributed by atoms with Crippen LogP contribution in [0.15, 0.2) is 24.3 Å². The predicted octanol–water partition coefficient (Wildman–Crippen LogP) is 3.57. The van der Waals surface area contributed by atoms with E-state index in [0.717, 1.165) is 31.2 Å². The molecule has 92 valence electrons. The van der Waals surface area contributed by atoms with Gasteiger partial charge in [-0.05, 0) is 42.4 Å². The zero-order chi connectivity index (χ0) is 12.3. The van der Waals surface area contributed by atoms with Crippen molar-refractivity contribution in [1.29, 1.82) is 0 Å². The molecule has 1 aliphatic carbocycles. The summed E-state index contributed by atoms with van der Waals surface area (Å²) in [6.45, 7) is 0. The van der Waals surface area contributed by atoms with Crippen LogP contribution in [0.1, 0.15) is 43.6 Å². The lowest BCUT2D eigenvalue weighted by molar-refractivity contribution is -0.138. The molecule has 2 rings (SSSR count). The number of carbonyl (C=O) groups is 1. The molecule has 0 radical (unpaired) electrons. The van der Waals surface area contributed by atoms with Crippen LogP contribution in [0.5, 0.6) is 0 Å². The smallest absolute Gasteiger partial charge is 0.303 e. The largest absolute Gasteiger partial charge is 0.481 e. The van der Waals surface area contributed by atoms with E-state index in [9.17, 15) is 9.18 Å². The van der Waals surface area contributed by atoms with Crippen molar-refractivity contribution in [3.63, 3.8) is 0 Å². The summed E-state index contributed by atoms with van der Waals surface area (Å²) in [6, 6.07) is 6.50. The number of hydrogen-bond donors (Lipinski definition) is 1. The first-order valence-corrected chi connectivity index (χ1v) is 6.14. The summed E-state index contributed by atoms with van der Waals surface area (Å²) in [5.74, 6) is -0.490. The van der Waals surface area contributed by atoms with Gasteiger partial charge in [-0.1, -0.05) is 25.0 Å². The maximum absolute atomic E-state index is 12.9. The second kappa shape index (κ2) is 5.30. The van der Waals surface area contributed by atoms with Gasteiger partial charge in [0.05, 0.1) is 0 Å². The lowest BCUT2D eigenvalue weighted by atomic mass is 9.74. The van der Waals surface area contributed by atoms with Crippen molar-refractivity contribution in [2.75, 3.05) is 0 Å². The lowest BCUT2D eigenvalue weighted by Gasteiger charge is -2.31. The Hall–Kier alpha value is -1.38. The Morgan fingerprint density at radius 1 is 1.24 bits per heavy atom. The van der Waals surface area contributed by atoms with E-state index in [1.807, 2.05) is 0 Å². The number of halogens is 1. The van der Waals surface area contributed by atoms with Crippen molar-refractivity contribution >= 4 is 5.97 Å². The third-order valence-electron chi connectivity index (χ3n) is 3.64. The zero-order valence-electron chi connectivity index (χ0n) is 9.73. The Bertz CT molecular complexity index is 386. The van der Waals surface area contributed by atoms with Gasteiger partial charge < -0.3 is 5.11 Å². The van der Waals surface area contributed by atoms with Crippen LogP contribution in [0.3, 0.4) is 0 Å². The molecule has 3 heteroatoms. The Labute approximate surface area is 100 Å². The molecule has 1 N–H and O–H groups in total. The first-order valence-electron chi connectivity index (χ1n) is 6.14. The van der Waals surface area contributed by atoms with Gasteiger partial charge in [-0.3, -0.25) is 4.79 Å². The molecule has 0 aliphatic heterocycles. The van der Waals surface area contributed by atoms with E-state index >= 15 is 0 Å². The number of rotatable bonds is 3. The third kappa shape index (κ3) is 3.05. The first kappa shape index (κ1) is 12.1. The molecule has 1 aromatic rings. The highest BCUT2D eigenvalue weighted by Gasteiger charge is 2.28. The minimum absolute atomic E-state index is 0.201. The molecule has 2 atom stereocenters. The standard InChI is InChI=1S/C14H17FO2/c15-12-7-5-10(6-8-12)13-4-2-1-3-11(13)9-14(16)17/h5-8,11,13H,1-4,9H2,(H,16,17). The molecule has 0 amide bonds. The molecule has 2 unspecified atom stereocenters. The van der Waals surface area contributed by atoms with Gasteiger partial charge in [0.25, 0.3) is 0 Å². The van der Waals surface area contributed by atoms with Crippen molar-refractivity contribution in [3.05, 3.63) is 35.6 Å². The number of benzene rings is 1. The SMILES string of the molecule is O=C(O)CC1CCCCC1c1ccc(F)cc1. The van der Waals surface area contributed by atoms with Gasteiger partial charge in [0.15, 0.2) is 0 Å². The van der Waals surface area contributed by atoms with Crippen LogP contribution in [0.25, 0.3) is 0 Å². The van der Waals surface area contributed by atoms with Crippen molar-refractivity contribution in [2.45, 2.75) is 38.0 Å². The average Bonchev–Trinajstić information content (AvgIpc) is 2.30. The quantitative estimate of drug-likeness (QED) is 0.871. The van der Waals surface area contributed by atoms with Gasteiger partial charge in [0.1, 0.15) is 5.82 Å². The van der Waals surface area contributed by atoms with E-state index in [1.54, 1.807) is 12.1 Å². The maximum Gasteiger partial charge on any atom is 0.303 e. The molecule has 0 bridgehead atoms. The fraction of sp³-hybridized carbons (Fsp3) is 0.500. The molecule has 0 saturated heterocycles. The van der Waals surface area contributed by atoms with Gasteiger partial charge in [-0.25, -0.2) is 4.39 Å². The maximum atomic E-state index is 12.9. The molecule has 1 aliphatic rings. The Morgan fingerprint density at radius 2 is 1.88 bits per heavy atom. The van der Waals surface area contributed by atoms with Gasteiger partial charge >= 0.3 is 5.97 Å². The summed E-state index contributed by atoms with van der Waals surface area (Å²) in [5.41, 5.74) is 1.08. The highest BCUT2D eigenvalue weighted by molar-refractivity contribution is 5.67. The van der Waals surface area contributed by atoms with Crippen molar-refractivity contribution in [2.24, 2.45) is 5.92 Å². The van der Waals surface area contributed by atoms with Gasteiger partial charge in [0.2, 0.25) is 0 Å². The van der Waals surface area contributed by atoms with Crippen molar-refractivity contribution in [1.82, 2.24) is 0 Å². The molecule has 17 heavy (non-hydrogen) atoms. The summed E-state index contributed by atoms with van der Waals surface area (Å²) in [6.07, 6.45) is 4.45. The molecule has 1 fully saturated rings. The number of carboxylic acids is 1. The van der Waals surface area contributed by atoms with Crippen LogP contribution >= 0.6 is 0 Å². The predicted molar refractivity (Wildman–Crippen MR) is 63.4 cm³/mol. The van der Waals surface area contributed by atoms with Crippen LogP contribution in [0.2, 0.25) is 0 Å². The van der Waals surface area contributed by atoms with E-state index in [-0.39, 0.29) is 24.1 Å². The zero-order valence-corrected chi connectivity index (χ0v) is 9.73. The number of hydrogen-bond acceptors (Lipinski definition) is 1. The molecule has 2 nitrogen and oxygen atoms in total.